The maximum atomic E-state index is 11.7. The van der Waals surface area contributed by atoms with Gasteiger partial charge in [0, 0.05) is 17.3 Å². The van der Waals surface area contributed by atoms with Crippen molar-refractivity contribution in [2.24, 2.45) is 0 Å². The van der Waals surface area contributed by atoms with Gasteiger partial charge >= 0.3 is 0 Å². The molecule has 0 aliphatic heterocycles. The van der Waals surface area contributed by atoms with Crippen molar-refractivity contribution >= 4 is 11.6 Å². The van der Waals surface area contributed by atoms with Gasteiger partial charge in [-0.25, -0.2) is 0 Å². The number of hydrogen-bond donors (Lipinski definition) is 1. The molecule has 4 aromatic rings. The zero-order valence-electron chi connectivity index (χ0n) is 14.6. The van der Waals surface area contributed by atoms with E-state index in [9.17, 15) is 4.79 Å². The molecule has 0 saturated carbocycles. The Bertz CT molecular complexity index is 1040. The number of halogens is 1. The molecule has 0 unspecified atom stereocenters. The summed E-state index contributed by atoms with van der Waals surface area (Å²) in [6.45, 7) is 0. The average molecular weight is 372 g/mol. The molecule has 4 rings (SSSR count). The second-order valence-electron chi connectivity index (χ2n) is 6.40. The van der Waals surface area contributed by atoms with E-state index < -0.39 is 5.41 Å². The number of rotatable bonds is 4. The average Bonchev–Trinajstić information content (AvgIpc) is 2.73. The zero-order chi connectivity index (χ0) is 18.7. The first-order chi connectivity index (χ1) is 13.2. The Morgan fingerprint density at radius 2 is 1.19 bits per heavy atom. The summed E-state index contributed by atoms with van der Waals surface area (Å²) < 4.78 is 0. The fourth-order valence-corrected chi connectivity index (χ4v) is 4.03. The number of H-pyrrole nitrogens is 1. The molecule has 1 aromatic heterocycles. The fraction of sp³-hybridized carbons (Fsp3) is 0.0417. The Morgan fingerprint density at radius 3 is 1.70 bits per heavy atom. The molecule has 3 aromatic carbocycles. The number of nitrogens with one attached hydrogen (secondary N) is 1. The minimum atomic E-state index is -0.648. The van der Waals surface area contributed by atoms with Crippen LogP contribution in [0.25, 0.3) is 0 Å². The van der Waals surface area contributed by atoms with E-state index in [-0.39, 0.29) is 5.56 Å². The predicted octanol–water partition coefficient (Wildman–Crippen LogP) is 5.41. The van der Waals surface area contributed by atoms with Gasteiger partial charge in [0.2, 0.25) is 5.56 Å². The van der Waals surface area contributed by atoms with Crippen LogP contribution in [0.4, 0.5) is 0 Å². The highest BCUT2D eigenvalue weighted by Crippen LogP contribution is 2.46. The molecular weight excluding hydrogens is 354 g/mol. The number of pyridine rings is 1. The normalized spacial score (nSPS) is 11.3. The molecule has 0 amide bonds. The third kappa shape index (κ3) is 2.98. The highest BCUT2D eigenvalue weighted by molar-refractivity contribution is 6.31. The van der Waals surface area contributed by atoms with Crippen LogP contribution < -0.4 is 5.56 Å². The van der Waals surface area contributed by atoms with Gasteiger partial charge in [0.15, 0.2) is 0 Å². The van der Waals surface area contributed by atoms with Crippen molar-refractivity contribution in [3.8, 4) is 0 Å². The third-order valence-electron chi connectivity index (χ3n) is 4.91. The second kappa shape index (κ2) is 7.26. The van der Waals surface area contributed by atoms with Gasteiger partial charge in [0.25, 0.3) is 0 Å². The highest BCUT2D eigenvalue weighted by Gasteiger charge is 2.39. The van der Waals surface area contributed by atoms with Gasteiger partial charge in [0.05, 0.1) is 5.41 Å². The number of hydrogen-bond acceptors (Lipinski definition) is 1. The smallest absolute Gasteiger partial charge is 0.247 e. The molecular formula is C24H18ClNO. The molecule has 0 aliphatic carbocycles. The minimum Gasteiger partial charge on any atom is -0.329 e. The Hall–Kier alpha value is -3.10. The van der Waals surface area contributed by atoms with Crippen molar-refractivity contribution in [3.05, 3.63) is 141 Å². The van der Waals surface area contributed by atoms with Crippen LogP contribution in [-0.4, -0.2) is 4.98 Å². The maximum Gasteiger partial charge on any atom is 0.247 e. The van der Waals surface area contributed by atoms with Crippen molar-refractivity contribution in [3.63, 3.8) is 0 Å². The Kier molecular flexibility index (Phi) is 4.66. The van der Waals surface area contributed by atoms with E-state index in [4.69, 9.17) is 11.6 Å². The van der Waals surface area contributed by atoms with Gasteiger partial charge in [-0.15, -0.1) is 0 Å². The molecule has 0 spiro atoms. The summed E-state index contributed by atoms with van der Waals surface area (Å²) in [4.78, 5) is 14.6. The van der Waals surface area contributed by atoms with Crippen LogP contribution in [0.3, 0.4) is 0 Å². The fourth-order valence-electron chi connectivity index (χ4n) is 3.75. The van der Waals surface area contributed by atoms with E-state index in [2.05, 4.69) is 29.2 Å². The van der Waals surface area contributed by atoms with Crippen LogP contribution in [-0.2, 0) is 5.41 Å². The lowest BCUT2D eigenvalue weighted by Gasteiger charge is -2.37. The Labute approximate surface area is 163 Å². The lowest BCUT2D eigenvalue weighted by atomic mass is 9.65. The standard InChI is InChI=1S/C24H18ClNO/c25-22-14-8-7-13-21(22)24(18-9-3-1-4-10-18,19-11-5-2-6-12-19)20-15-16-23(27)26-17-20/h1-17H,(H,26,27). The zero-order valence-corrected chi connectivity index (χ0v) is 15.4. The van der Waals surface area contributed by atoms with Gasteiger partial charge in [-0.3, -0.25) is 4.79 Å². The van der Waals surface area contributed by atoms with Crippen molar-refractivity contribution in [1.82, 2.24) is 4.98 Å². The van der Waals surface area contributed by atoms with Crippen LogP contribution in [0.1, 0.15) is 22.3 Å². The van der Waals surface area contributed by atoms with Crippen LogP contribution >= 0.6 is 11.6 Å². The number of benzene rings is 3. The Morgan fingerprint density at radius 1 is 0.630 bits per heavy atom. The molecule has 1 N–H and O–H groups in total. The minimum absolute atomic E-state index is 0.132. The Balaban J connectivity index is 2.17. The maximum absolute atomic E-state index is 11.7. The van der Waals surface area contributed by atoms with Crippen molar-refractivity contribution in [1.29, 1.82) is 0 Å². The predicted molar refractivity (Wildman–Crippen MR) is 110 cm³/mol. The summed E-state index contributed by atoms with van der Waals surface area (Å²) in [5.74, 6) is 0. The van der Waals surface area contributed by atoms with Gasteiger partial charge < -0.3 is 4.98 Å². The van der Waals surface area contributed by atoms with E-state index >= 15 is 0 Å². The molecule has 0 radical (unpaired) electrons. The largest absolute Gasteiger partial charge is 0.329 e. The summed E-state index contributed by atoms with van der Waals surface area (Å²) in [7, 11) is 0. The van der Waals surface area contributed by atoms with E-state index in [1.54, 1.807) is 12.3 Å². The summed E-state index contributed by atoms with van der Waals surface area (Å²) in [5.41, 5.74) is 3.30. The number of aromatic nitrogens is 1. The molecule has 27 heavy (non-hydrogen) atoms. The van der Waals surface area contributed by atoms with Gasteiger partial charge in [-0.1, -0.05) is 96.5 Å². The molecule has 0 aliphatic rings. The van der Waals surface area contributed by atoms with Crippen LogP contribution in [0.15, 0.2) is 108 Å². The van der Waals surface area contributed by atoms with Crippen LogP contribution in [0.5, 0.6) is 0 Å². The molecule has 2 nitrogen and oxygen atoms in total. The van der Waals surface area contributed by atoms with E-state index in [0.29, 0.717) is 5.02 Å². The van der Waals surface area contributed by atoms with Crippen LogP contribution in [0.2, 0.25) is 5.02 Å². The quantitative estimate of drug-likeness (QED) is 0.478. The molecule has 132 valence electrons. The van der Waals surface area contributed by atoms with Gasteiger partial charge in [-0.05, 0) is 28.3 Å². The first-order valence-electron chi connectivity index (χ1n) is 8.78. The first kappa shape index (κ1) is 17.3. The summed E-state index contributed by atoms with van der Waals surface area (Å²) in [6.07, 6.45) is 1.78. The topological polar surface area (TPSA) is 32.9 Å². The van der Waals surface area contributed by atoms with E-state index in [0.717, 1.165) is 22.3 Å². The van der Waals surface area contributed by atoms with Crippen molar-refractivity contribution in [2.45, 2.75) is 5.41 Å². The monoisotopic (exact) mass is 371 g/mol. The highest BCUT2D eigenvalue weighted by atomic mass is 35.5. The molecule has 0 saturated heterocycles. The molecule has 0 atom stereocenters. The third-order valence-corrected chi connectivity index (χ3v) is 5.24. The lowest BCUT2D eigenvalue weighted by molar-refractivity contribution is 0.739. The van der Waals surface area contributed by atoms with Crippen LogP contribution in [0, 0.1) is 0 Å². The summed E-state index contributed by atoms with van der Waals surface area (Å²) in [6, 6.07) is 31.8. The van der Waals surface area contributed by atoms with E-state index in [1.165, 1.54) is 0 Å². The molecule has 0 bridgehead atoms. The molecule has 3 heteroatoms. The van der Waals surface area contributed by atoms with Crippen molar-refractivity contribution in [2.75, 3.05) is 0 Å². The first-order valence-corrected chi connectivity index (χ1v) is 9.16. The van der Waals surface area contributed by atoms with E-state index in [1.807, 2.05) is 66.7 Å². The van der Waals surface area contributed by atoms with Crippen molar-refractivity contribution < 1.29 is 0 Å². The lowest BCUT2D eigenvalue weighted by Crippen LogP contribution is -2.32. The van der Waals surface area contributed by atoms with Gasteiger partial charge in [-0.2, -0.15) is 0 Å². The second-order valence-corrected chi connectivity index (χ2v) is 6.81. The SMILES string of the molecule is O=c1ccc(C(c2ccccc2)(c2ccccc2)c2ccccc2Cl)c[nH]1. The summed E-state index contributed by atoms with van der Waals surface area (Å²) >= 11 is 6.72. The van der Waals surface area contributed by atoms with Gasteiger partial charge in [0.1, 0.15) is 0 Å². The number of aromatic amines is 1. The molecule has 0 fully saturated rings. The summed E-state index contributed by atoms with van der Waals surface area (Å²) in [5, 5.41) is 0.677. The molecule has 1 heterocycles.